The van der Waals surface area contributed by atoms with E-state index in [1.807, 2.05) is 6.92 Å². The highest BCUT2D eigenvalue weighted by Gasteiger charge is 2.20. The molecule has 1 aliphatic heterocycles. The molecular formula is C10H13N3. The van der Waals surface area contributed by atoms with Gasteiger partial charge in [0.25, 0.3) is 0 Å². The number of aliphatic imine (C=N–C) groups is 1. The second-order valence-corrected chi connectivity index (χ2v) is 3.57. The van der Waals surface area contributed by atoms with Crippen molar-refractivity contribution in [1.29, 1.82) is 0 Å². The Bertz CT molecular complexity index is 410. The van der Waals surface area contributed by atoms with Crippen LogP contribution in [0.2, 0.25) is 0 Å². The molecule has 68 valence electrons. The molecule has 0 aliphatic carbocycles. The Hall–Kier alpha value is -1.25. The SMILES string of the molecule is [3H]c1nc(C)nc2c1CN=C2C(C)C. The van der Waals surface area contributed by atoms with E-state index in [1.54, 1.807) is 0 Å². The molecule has 0 radical (unpaired) electrons. The summed E-state index contributed by atoms with van der Waals surface area (Å²) in [5, 5.41) is 0. The van der Waals surface area contributed by atoms with Crippen molar-refractivity contribution in [2.75, 3.05) is 0 Å². The van der Waals surface area contributed by atoms with Gasteiger partial charge >= 0.3 is 0 Å². The lowest BCUT2D eigenvalue weighted by molar-refractivity contribution is 0.877. The van der Waals surface area contributed by atoms with Crippen LogP contribution in [0, 0.1) is 12.8 Å². The maximum absolute atomic E-state index is 7.70. The molecule has 13 heavy (non-hydrogen) atoms. The molecule has 0 saturated heterocycles. The highest BCUT2D eigenvalue weighted by Crippen LogP contribution is 2.19. The molecule has 2 heterocycles. The van der Waals surface area contributed by atoms with E-state index in [4.69, 9.17) is 1.37 Å². The number of rotatable bonds is 1. The fraction of sp³-hybridized carbons (Fsp3) is 0.500. The van der Waals surface area contributed by atoms with Crippen LogP contribution < -0.4 is 0 Å². The summed E-state index contributed by atoms with van der Waals surface area (Å²) in [6.45, 7) is 6.57. The van der Waals surface area contributed by atoms with Crippen LogP contribution in [0.5, 0.6) is 0 Å². The van der Waals surface area contributed by atoms with E-state index in [-0.39, 0.29) is 0 Å². The van der Waals surface area contributed by atoms with Crippen LogP contribution in [0.1, 0.15) is 32.3 Å². The molecule has 3 heteroatoms. The lowest BCUT2D eigenvalue weighted by Gasteiger charge is -2.05. The Balaban J connectivity index is 2.55. The van der Waals surface area contributed by atoms with Gasteiger partial charge < -0.3 is 0 Å². The van der Waals surface area contributed by atoms with E-state index in [9.17, 15) is 0 Å². The molecule has 2 rings (SSSR count). The Labute approximate surface area is 79.4 Å². The minimum Gasteiger partial charge on any atom is -0.282 e. The van der Waals surface area contributed by atoms with Gasteiger partial charge in [-0.05, 0) is 12.8 Å². The number of aryl methyl sites for hydroxylation is 1. The Morgan fingerprint density at radius 1 is 1.54 bits per heavy atom. The molecule has 3 nitrogen and oxygen atoms in total. The second-order valence-electron chi connectivity index (χ2n) is 3.57. The monoisotopic (exact) mass is 177 g/mol. The summed E-state index contributed by atoms with van der Waals surface area (Å²) in [5.41, 5.74) is 2.77. The molecule has 0 N–H and O–H groups in total. The van der Waals surface area contributed by atoms with E-state index in [0.29, 0.717) is 24.5 Å². The van der Waals surface area contributed by atoms with Crippen LogP contribution in [0.25, 0.3) is 0 Å². The van der Waals surface area contributed by atoms with E-state index in [0.717, 1.165) is 17.0 Å². The zero-order chi connectivity index (χ0) is 10.3. The average molecular weight is 177 g/mol. The van der Waals surface area contributed by atoms with Crippen LogP contribution in [0.15, 0.2) is 11.2 Å². The Kier molecular flexibility index (Phi) is 1.61. The van der Waals surface area contributed by atoms with Crippen molar-refractivity contribution < 1.29 is 1.37 Å². The normalized spacial score (nSPS) is 15.7. The minimum atomic E-state index is 0.326. The summed E-state index contributed by atoms with van der Waals surface area (Å²) in [6, 6.07) is 0. The third kappa shape index (κ3) is 1.34. The van der Waals surface area contributed by atoms with Crippen molar-refractivity contribution in [3.8, 4) is 0 Å². The molecule has 0 fully saturated rings. The van der Waals surface area contributed by atoms with Gasteiger partial charge in [0.15, 0.2) is 0 Å². The second kappa shape index (κ2) is 2.91. The van der Waals surface area contributed by atoms with Crippen LogP contribution in [-0.4, -0.2) is 15.7 Å². The van der Waals surface area contributed by atoms with Gasteiger partial charge in [-0.25, -0.2) is 9.97 Å². The molecule has 0 unspecified atom stereocenters. The summed E-state index contributed by atoms with van der Waals surface area (Å²) < 4.78 is 7.70. The zero-order valence-corrected chi connectivity index (χ0v) is 8.13. The molecule has 1 aromatic heterocycles. The summed E-state index contributed by atoms with van der Waals surface area (Å²) in [4.78, 5) is 12.8. The van der Waals surface area contributed by atoms with Gasteiger partial charge in [-0.1, -0.05) is 13.8 Å². The van der Waals surface area contributed by atoms with Gasteiger partial charge in [-0.3, -0.25) is 4.99 Å². The predicted octanol–water partition coefficient (Wildman–Crippen LogP) is 1.74. The van der Waals surface area contributed by atoms with E-state index in [1.165, 1.54) is 0 Å². The predicted molar refractivity (Wildman–Crippen MR) is 51.8 cm³/mol. The molecule has 0 spiro atoms. The molecule has 0 saturated carbocycles. The fourth-order valence-electron chi connectivity index (χ4n) is 1.47. The first-order valence-electron chi connectivity index (χ1n) is 4.98. The molecule has 0 aromatic carbocycles. The smallest absolute Gasteiger partial charge is 0.125 e. The quantitative estimate of drug-likeness (QED) is 0.655. The molecule has 1 aliphatic rings. The van der Waals surface area contributed by atoms with Crippen molar-refractivity contribution in [3.63, 3.8) is 0 Å². The summed E-state index contributed by atoms with van der Waals surface area (Å²) in [6.07, 6.45) is 0.326. The topological polar surface area (TPSA) is 38.1 Å². The summed E-state index contributed by atoms with van der Waals surface area (Å²) in [5.74, 6) is 1.02. The van der Waals surface area contributed by atoms with Crippen molar-refractivity contribution in [1.82, 2.24) is 9.97 Å². The maximum Gasteiger partial charge on any atom is 0.125 e. The molecule has 0 bridgehead atoms. The van der Waals surface area contributed by atoms with E-state index < -0.39 is 0 Å². The van der Waals surface area contributed by atoms with Gasteiger partial charge in [0.1, 0.15) is 5.82 Å². The molecule has 0 atom stereocenters. The van der Waals surface area contributed by atoms with Gasteiger partial charge in [0.05, 0.1) is 19.3 Å². The zero-order valence-electron chi connectivity index (χ0n) is 9.13. The van der Waals surface area contributed by atoms with Crippen LogP contribution in [-0.2, 0) is 6.54 Å². The standard InChI is InChI=1S/C10H13N3/c1-6(2)9-10-8(5-12-9)4-11-7(3)13-10/h4,6H,5H2,1-3H3/i4T. The number of hydrogen-bond donors (Lipinski definition) is 0. The third-order valence-electron chi connectivity index (χ3n) is 2.11. The van der Waals surface area contributed by atoms with Crippen LogP contribution in [0.3, 0.4) is 0 Å². The van der Waals surface area contributed by atoms with Gasteiger partial charge in [0, 0.05) is 11.7 Å². The largest absolute Gasteiger partial charge is 0.282 e. The molecule has 0 amide bonds. The first-order chi connectivity index (χ1) is 6.59. The number of fused-ring (bicyclic) bond motifs is 1. The highest BCUT2D eigenvalue weighted by molar-refractivity contribution is 6.03. The van der Waals surface area contributed by atoms with Crippen molar-refractivity contribution >= 4 is 5.71 Å². The maximum atomic E-state index is 7.70. The fourth-order valence-corrected chi connectivity index (χ4v) is 1.47. The summed E-state index contributed by atoms with van der Waals surface area (Å²) >= 11 is 0. The van der Waals surface area contributed by atoms with Gasteiger partial charge in [-0.15, -0.1) is 0 Å². The Morgan fingerprint density at radius 2 is 2.31 bits per heavy atom. The highest BCUT2D eigenvalue weighted by atomic mass is 14.9. The van der Waals surface area contributed by atoms with Crippen molar-refractivity contribution in [2.24, 2.45) is 10.9 Å². The average Bonchev–Trinajstić information content (AvgIpc) is 2.47. The first-order valence-corrected chi connectivity index (χ1v) is 4.48. The summed E-state index contributed by atoms with van der Waals surface area (Å²) in [7, 11) is 0. The van der Waals surface area contributed by atoms with Gasteiger partial charge in [-0.2, -0.15) is 0 Å². The Morgan fingerprint density at radius 3 is 3.00 bits per heavy atom. The van der Waals surface area contributed by atoms with Crippen LogP contribution >= 0.6 is 0 Å². The van der Waals surface area contributed by atoms with Gasteiger partial charge in [0.2, 0.25) is 0 Å². The molecule has 1 aromatic rings. The lowest BCUT2D eigenvalue weighted by atomic mass is 10.0. The minimum absolute atomic E-state index is 0.326. The number of nitrogens with zero attached hydrogens (tertiary/aromatic N) is 3. The van der Waals surface area contributed by atoms with E-state index in [2.05, 4.69) is 28.8 Å². The van der Waals surface area contributed by atoms with E-state index >= 15 is 0 Å². The lowest BCUT2D eigenvalue weighted by Crippen LogP contribution is -2.10. The third-order valence-corrected chi connectivity index (χ3v) is 2.11. The molecular weight excluding hydrogens is 162 g/mol. The van der Waals surface area contributed by atoms with Crippen molar-refractivity contribution in [2.45, 2.75) is 27.3 Å². The van der Waals surface area contributed by atoms with Crippen LogP contribution in [0.4, 0.5) is 0 Å². The number of hydrogen-bond acceptors (Lipinski definition) is 3. The first kappa shape index (κ1) is 7.18. The number of aromatic nitrogens is 2. The van der Waals surface area contributed by atoms with Crippen molar-refractivity contribution in [3.05, 3.63) is 23.3 Å².